The molecule has 12 aromatic rings. The molecular weight excluding hydrogens is 833 g/mol. The summed E-state index contributed by atoms with van der Waals surface area (Å²) in [5, 5.41) is 2.48. The van der Waals surface area contributed by atoms with Crippen molar-refractivity contribution in [2.24, 2.45) is 0 Å². The van der Waals surface area contributed by atoms with E-state index in [-0.39, 0.29) is 0 Å². The molecule has 0 atom stereocenters. The minimum absolute atomic E-state index is 0.543. The first-order chi connectivity index (χ1) is 34.1. The van der Waals surface area contributed by atoms with Crippen LogP contribution in [0.2, 0.25) is 0 Å². The van der Waals surface area contributed by atoms with Gasteiger partial charge in [-0.15, -0.1) is 0 Å². The Labute approximate surface area is 402 Å². The lowest BCUT2D eigenvalue weighted by Crippen LogP contribution is -2.28. The van der Waals surface area contributed by atoms with Gasteiger partial charge in [-0.05, 0) is 126 Å². The van der Waals surface area contributed by atoms with E-state index in [1.807, 2.05) is 0 Å². The fraction of sp³-hybridized carbons (Fsp3) is 0.0149. The number of para-hydroxylation sites is 2. The number of rotatable bonds is 8. The number of hydrogen-bond donors (Lipinski definition) is 1. The first-order valence-corrected chi connectivity index (χ1v) is 23.8. The number of anilines is 1. The highest BCUT2D eigenvalue weighted by atomic mass is 15.0. The van der Waals surface area contributed by atoms with Gasteiger partial charge >= 0.3 is 0 Å². The largest absolute Gasteiger partial charge is 0.398 e. The standard InChI is InChI=1S/C67H46N2/c68-62-41-40-55(48-33-29-47(30-34-48)50-38-42-64-59(43-50)58-26-14-16-28-63(58)69(64)54-23-11-4-12-24-54)65(66(62)49-35-31-46(32-36-49)45-17-5-1-6-18-45)51-37-39-57-56-25-13-15-27-60(56)67(61(57)44-51,52-19-7-2-8-20-52)53-21-9-3-10-22-53/h1-44H,68H2. The fourth-order valence-corrected chi connectivity index (χ4v) is 11.4. The van der Waals surface area contributed by atoms with Gasteiger partial charge in [-0.3, -0.25) is 0 Å². The Morgan fingerprint density at radius 3 is 1.49 bits per heavy atom. The average Bonchev–Trinajstić information content (AvgIpc) is 3.92. The highest BCUT2D eigenvalue weighted by Gasteiger charge is 2.46. The van der Waals surface area contributed by atoms with Crippen molar-refractivity contribution >= 4 is 27.5 Å². The summed E-state index contributed by atoms with van der Waals surface area (Å²) in [6.07, 6.45) is 0. The minimum Gasteiger partial charge on any atom is -0.398 e. The summed E-state index contributed by atoms with van der Waals surface area (Å²) < 4.78 is 2.37. The predicted molar refractivity (Wildman–Crippen MR) is 290 cm³/mol. The van der Waals surface area contributed by atoms with Crippen LogP contribution >= 0.6 is 0 Å². The van der Waals surface area contributed by atoms with Gasteiger partial charge in [0, 0.05) is 27.7 Å². The molecule has 1 aliphatic rings. The van der Waals surface area contributed by atoms with E-state index in [0.29, 0.717) is 0 Å². The van der Waals surface area contributed by atoms with Crippen LogP contribution in [0.25, 0.3) is 94.3 Å². The van der Waals surface area contributed by atoms with Gasteiger partial charge in [0.1, 0.15) is 0 Å². The molecule has 0 aliphatic heterocycles. The molecule has 0 spiro atoms. The van der Waals surface area contributed by atoms with Crippen LogP contribution in [0.1, 0.15) is 22.3 Å². The van der Waals surface area contributed by atoms with Crippen molar-refractivity contribution in [3.63, 3.8) is 0 Å². The summed E-state index contributed by atoms with van der Waals surface area (Å²) in [6.45, 7) is 0. The monoisotopic (exact) mass is 878 g/mol. The van der Waals surface area contributed by atoms with Crippen LogP contribution in [0.15, 0.2) is 267 Å². The van der Waals surface area contributed by atoms with Crippen LogP contribution in [0, 0.1) is 0 Å². The van der Waals surface area contributed by atoms with Crippen LogP contribution in [0.5, 0.6) is 0 Å². The van der Waals surface area contributed by atoms with E-state index in [9.17, 15) is 0 Å². The van der Waals surface area contributed by atoms with Crippen LogP contribution in [-0.4, -0.2) is 4.57 Å². The van der Waals surface area contributed by atoms with E-state index in [1.165, 1.54) is 71.9 Å². The Balaban J connectivity index is 1.000. The van der Waals surface area contributed by atoms with Crippen molar-refractivity contribution in [1.82, 2.24) is 4.57 Å². The van der Waals surface area contributed by atoms with E-state index in [2.05, 4.69) is 271 Å². The zero-order valence-corrected chi connectivity index (χ0v) is 37.9. The molecule has 69 heavy (non-hydrogen) atoms. The normalized spacial score (nSPS) is 12.5. The van der Waals surface area contributed by atoms with Crippen molar-refractivity contribution < 1.29 is 0 Å². The van der Waals surface area contributed by atoms with Crippen LogP contribution in [-0.2, 0) is 5.41 Å². The molecule has 2 nitrogen and oxygen atoms in total. The molecule has 1 heterocycles. The van der Waals surface area contributed by atoms with Gasteiger partial charge in [0.15, 0.2) is 0 Å². The van der Waals surface area contributed by atoms with Gasteiger partial charge in [-0.2, -0.15) is 0 Å². The molecule has 0 saturated carbocycles. The number of nitrogens with two attached hydrogens (primary N) is 1. The summed E-state index contributed by atoms with van der Waals surface area (Å²) >= 11 is 0. The lowest BCUT2D eigenvalue weighted by Gasteiger charge is -2.34. The second-order valence-corrected chi connectivity index (χ2v) is 18.2. The third kappa shape index (κ3) is 6.48. The number of nitrogens with zero attached hydrogens (tertiary/aromatic N) is 1. The quantitative estimate of drug-likeness (QED) is 0.152. The molecule has 2 N–H and O–H groups in total. The summed E-state index contributed by atoms with van der Waals surface area (Å²) in [7, 11) is 0. The molecule has 324 valence electrons. The van der Waals surface area contributed by atoms with Crippen molar-refractivity contribution in [2.75, 3.05) is 5.73 Å². The number of benzene rings is 11. The molecule has 0 amide bonds. The van der Waals surface area contributed by atoms with Crippen LogP contribution < -0.4 is 5.73 Å². The Hall–Kier alpha value is -8.98. The summed E-state index contributed by atoms with van der Waals surface area (Å²) in [5.74, 6) is 0. The smallest absolute Gasteiger partial charge is 0.0713 e. The van der Waals surface area contributed by atoms with Crippen molar-refractivity contribution in [1.29, 1.82) is 0 Å². The van der Waals surface area contributed by atoms with Crippen molar-refractivity contribution in [3.8, 4) is 72.4 Å². The molecular formula is C67H46N2. The van der Waals surface area contributed by atoms with Gasteiger partial charge in [0.25, 0.3) is 0 Å². The topological polar surface area (TPSA) is 30.9 Å². The number of aromatic nitrogens is 1. The van der Waals surface area contributed by atoms with E-state index in [1.54, 1.807) is 0 Å². The maximum absolute atomic E-state index is 7.23. The van der Waals surface area contributed by atoms with E-state index in [0.717, 1.165) is 50.3 Å². The Morgan fingerprint density at radius 2 is 0.783 bits per heavy atom. The van der Waals surface area contributed by atoms with Gasteiger partial charge in [-0.25, -0.2) is 0 Å². The van der Waals surface area contributed by atoms with E-state index < -0.39 is 5.41 Å². The third-order valence-corrected chi connectivity index (χ3v) is 14.5. The van der Waals surface area contributed by atoms with Gasteiger partial charge in [0.05, 0.1) is 16.4 Å². The fourth-order valence-electron chi connectivity index (χ4n) is 11.4. The van der Waals surface area contributed by atoms with Crippen molar-refractivity contribution in [2.45, 2.75) is 5.41 Å². The third-order valence-electron chi connectivity index (χ3n) is 14.5. The molecule has 13 rings (SSSR count). The summed E-state index contributed by atoms with van der Waals surface area (Å²) in [4.78, 5) is 0. The second-order valence-electron chi connectivity index (χ2n) is 18.2. The average molecular weight is 879 g/mol. The highest BCUT2D eigenvalue weighted by molar-refractivity contribution is 6.10. The summed E-state index contributed by atoms with van der Waals surface area (Å²) in [5.41, 5.74) is 29.8. The lowest BCUT2D eigenvalue weighted by atomic mass is 9.67. The first kappa shape index (κ1) is 40.3. The second kappa shape index (κ2) is 16.4. The van der Waals surface area contributed by atoms with Crippen LogP contribution in [0.3, 0.4) is 0 Å². The molecule has 0 radical (unpaired) electrons. The minimum atomic E-state index is -0.543. The van der Waals surface area contributed by atoms with Gasteiger partial charge in [0.2, 0.25) is 0 Å². The Bertz CT molecular complexity index is 3810. The molecule has 0 saturated heterocycles. The van der Waals surface area contributed by atoms with E-state index >= 15 is 0 Å². The Kier molecular flexibility index (Phi) is 9.59. The zero-order valence-electron chi connectivity index (χ0n) is 37.9. The van der Waals surface area contributed by atoms with Gasteiger partial charge < -0.3 is 10.3 Å². The SMILES string of the molecule is Nc1ccc(-c2ccc(-c3ccc4c(c3)c3ccccc3n4-c3ccccc3)cc2)c(-c2ccc3c(c2)C(c2ccccc2)(c2ccccc2)c2ccccc2-3)c1-c1ccc(-c2ccccc2)cc1. The maximum Gasteiger partial charge on any atom is 0.0713 e. The van der Waals surface area contributed by atoms with Crippen LogP contribution in [0.4, 0.5) is 5.69 Å². The van der Waals surface area contributed by atoms with Gasteiger partial charge in [-0.1, -0.05) is 224 Å². The molecule has 0 fully saturated rings. The first-order valence-electron chi connectivity index (χ1n) is 23.8. The molecule has 1 aliphatic carbocycles. The molecule has 0 bridgehead atoms. The zero-order chi connectivity index (χ0) is 45.9. The molecule has 2 heteroatoms. The highest BCUT2D eigenvalue weighted by Crippen LogP contribution is 2.57. The molecule has 11 aromatic carbocycles. The number of hydrogen-bond acceptors (Lipinski definition) is 1. The number of fused-ring (bicyclic) bond motifs is 6. The van der Waals surface area contributed by atoms with E-state index in [4.69, 9.17) is 5.73 Å². The summed E-state index contributed by atoms with van der Waals surface area (Å²) in [6, 6.07) is 97.3. The lowest BCUT2D eigenvalue weighted by molar-refractivity contribution is 0.769. The number of nitrogen functional groups attached to an aromatic ring is 1. The molecule has 0 unspecified atom stereocenters. The predicted octanol–water partition coefficient (Wildman–Crippen LogP) is 17.1. The molecule has 1 aromatic heterocycles. The van der Waals surface area contributed by atoms with Crippen molar-refractivity contribution in [3.05, 3.63) is 289 Å². The maximum atomic E-state index is 7.23. The Morgan fingerprint density at radius 1 is 0.290 bits per heavy atom.